The third-order valence-electron chi connectivity index (χ3n) is 4.96. The first kappa shape index (κ1) is 19.4. The highest BCUT2D eigenvalue weighted by Crippen LogP contribution is 2.25. The first-order chi connectivity index (χ1) is 12.9. The molecule has 2 aromatic rings. The number of nitrogens with zero attached hydrogens (tertiary/aromatic N) is 1. The molecule has 2 aromatic carbocycles. The SMILES string of the molecule is CCN(c1ccc(NC(=O)Cc2ccc(C)cc2)cc1)C1CCS(=O)(=O)C1. The summed E-state index contributed by atoms with van der Waals surface area (Å²) in [5, 5.41) is 2.92. The molecule has 0 aliphatic carbocycles. The predicted octanol–water partition coefficient (Wildman–Crippen LogP) is 3.19. The Labute approximate surface area is 161 Å². The van der Waals surface area contributed by atoms with E-state index < -0.39 is 9.84 Å². The Bertz CT molecular complexity index is 890. The second-order valence-corrected chi connectivity index (χ2v) is 9.33. The van der Waals surface area contributed by atoms with Gasteiger partial charge < -0.3 is 10.2 Å². The Kier molecular flexibility index (Phi) is 5.85. The Morgan fingerprint density at radius 1 is 1.11 bits per heavy atom. The van der Waals surface area contributed by atoms with Crippen molar-refractivity contribution in [1.82, 2.24) is 0 Å². The van der Waals surface area contributed by atoms with Crippen LogP contribution in [-0.2, 0) is 21.1 Å². The third kappa shape index (κ3) is 5.10. The number of amides is 1. The maximum Gasteiger partial charge on any atom is 0.228 e. The minimum absolute atomic E-state index is 0.0296. The summed E-state index contributed by atoms with van der Waals surface area (Å²) in [5.41, 5.74) is 3.88. The number of sulfone groups is 1. The lowest BCUT2D eigenvalue weighted by atomic mass is 10.1. The second-order valence-electron chi connectivity index (χ2n) is 7.10. The van der Waals surface area contributed by atoms with E-state index in [0.717, 1.165) is 23.5 Å². The number of carbonyl (C=O) groups excluding carboxylic acids is 1. The number of benzene rings is 2. The molecule has 1 amide bonds. The van der Waals surface area contributed by atoms with Crippen LogP contribution in [0.2, 0.25) is 0 Å². The van der Waals surface area contributed by atoms with E-state index >= 15 is 0 Å². The lowest BCUT2D eigenvalue weighted by molar-refractivity contribution is -0.115. The fourth-order valence-electron chi connectivity index (χ4n) is 3.51. The summed E-state index contributed by atoms with van der Waals surface area (Å²) in [5.74, 6) is 0.429. The van der Waals surface area contributed by atoms with Gasteiger partial charge in [-0.05, 0) is 50.1 Å². The Balaban J connectivity index is 1.62. The van der Waals surface area contributed by atoms with E-state index in [4.69, 9.17) is 0 Å². The summed E-state index contributed by atoms with van der Waals surface area (Å²) < 4.78 is 23.5. The zero-order valence-corrected chi connectivity index (χ0v) is 16.6. The zero-order chi connectivity index (χ0) is 19.4. The molecule has 1 fully saturated rings. The van der Waals surface area contributed by atoms with Gasteiger partial charge in [-0.25, -0.2) is 8.42 Å². The van der Waals surface area contributed by atoms with Gasteiger partial charge >= 0.3 is 0 Å². The third-order valence-corrected chi connectivity index (χ3v) is 6.71. The van der Waals surface area contributed by atoms with Crippen molar-refractivity contribution in [2.75, 3.05) is 28.3 Å². The van der Waals surface area contributed by atoms with Crippen LogP contribution < -0.4 is 10.2 Å². The van der Waals surface area contributed by atoms with Crippen molar-refractivity contribution in [2.45, 2.75) is 32.7 Å². The first-order valence-electron chi connectivity index (χ1n) is 9.29. The van der Waals surface area contributed by atoms with Gasteiger partial charge in [-0.3, -0.25) is 4.79 Å². The van der Waals surface area contributed by atoms with Gasteiger partial charge in [0.15, 0.2) is 9.84 Å². The molecule has 0 aromatic heterocycles. The van der Waals surface area contributed by atoms with Crippen LogP contribution in [-0.4, -0.2) is 38.4 Å². The van der Waals surface area contributed by atoms with E-state index in [1.807, 2.05) is 62.4 Å². The monoisotopic (exact) mass is 386 g/mol. The molecule has 1 unspecified atom stereocenters. The fraction of sp³-hybridized carbons (Fsp3) is 0.381. The molecule has 5 nitrogen and oxygen atoms in total. The Morgan fingerprint density at radius 3 is 2.33 bits per heavy atom. The van der Waals surface area contributed by atoms with E-state index in [1.165, 1.54) is 5.56 Å². The molecular weight excluding hydrogens is 360 g/mol. The van der Waals surface area contributed by atoms with E-state index in [-0.39, 0.29) is 23.5 Å². The standard InChI is InChI=1S/C21H26N2O3S/c1-3-23(20-12-13-27(25,26)15-20)19-10-8-18(9-11-19)22-21(24)14-17-6-4-16(2)5-7-17/h4-11,20H,3,12-15H2,1-2H3,(H,22,24). The molecule has 1 aliphatic heterocycles. The maximum absolute atomic E-state index is 12.2. The van der Waals surface area contributed by atoms with Crippen LogP contribution in [0.3, 0.4) is 0 Å². The van der Waals surface area contributed by atoms with Crippen LogP contribution >= 0.6 is 0 Å². The molecule has 1 atom stereocenters. The molecule has 144 valence electrons. The molecule has 1 N–H and O–H groups in total. The quantitative estimate of drug-likeness (QED) is 0.828. The molecule has 3 rings (SSSR count). The summed E-state index contributed by atoms with van der Waals surface area (Å²) in [4.78, 5) is 14.4. The number of nitrogens with one attached hydrogen (secondary N) is 1. The topological polar surface area (TPSA) is 66.5 Å². The lowest BCUT2D eigenvalue weighted by Crippen LogP contribution is -2.36. The lowest BCUT2D eigenvalue weighted by Gasteiger charge is -2.29. The van der Waals surface area contributed by atoms with Crippen molar-refractivity contribution in [3.05, 3.63) is 59.7 Å². The fourth-order valence-corrected chi connectivity index (χ4v) is 5.24. The first-order valence-corrected chi connectivity index (χ1v) is 11.1. The van der Waals surface area contributed by atoms with Crippen LogP contribution in [0.5, 0.6) is 0 Å². The van der Waals surface area contributed by atoms with Crippen molar-refractivity contribution >= 4 is 27.1 Å². The molecule has 1 saturated heterocycles. The number of hydrogen-bond donors (Lipinski definition) is 1. The highest BCUT2D eigenvalue weighted by Gasteiger charge is 2.31. The summed E-state index contributed by atoms with van der Waals surface area (Å²) >= 11 is 0. The summed E-state index contributed by atoms with van der Waals surface area (Å²) in [6.07, 6.45) is 1.01. The average molecular weight is 387 g/mol. The Morgan fingerprint density at radius 2 is 1.78 bits per heavy atom. The number of rotatable bonds is 6. The second kappa shape index (κ2) is 8.13. The molecule has 0 radical (unpaired) electrons. The van der Waals surface area contributed by atoms with Crippen LogP contribution in [0.25, 0.3) is 0 Å². The van der Waals surface area contributed by atoms with Crippen LogP contribution in [0.4, 0.5) is 11.4 Å². The predicted molar refractivity (Wildman–Crippen MR) is 110 cm³/mol. The average Bonchev–Trinajstić information content (AvgIpc) is 2.99. The minimum atomic E-state index is -2.91. The summed E-state index contributed by atoms with van der Waals surface area (Å²) in [6.45, 7) is 4.80. The van der Waals surface area contributed by atoms with E-state index in [1.54, 1.807) is 0 Å². The van der Waals surface area contributed by atoms with Crippen molar-refractivity contribution in [3.63, 3.8) is 0 Å². The molecule has 6 heteroatoms. The van der Waals surface area contributed by atoms with E-state index in [9.17, 15) is 13.2 Å². The Hall–Kier alpha value is -2.34. The molecule has 27 heavy (non-hydrogen) atoms. The van der Waals surface area contributed by atoms with Gasteiger partial charge in [0.25, 0.3) is 0 Å². The summed E-state index contributed by atoms with van der Waals surface area (Å²) in [7, 11) is -2.91. The highest BCUT2D eigenvalue weighted by atomic mass is 32.2. The van der Waals surface area contributed by atoms with Crippen molar-refractivity contribution in [1.29, 1.82) is 0 Å². The normalized spacial score (nSPS) is 18.2. The van der Waals surface area contributed by atoms with Gasteiger partial charge in [0, 0.05) is 24.0 Å². The van der Waals surface area contributed by atoms with Gasteiger partial charge in [-0.1, -0.05) is 29.8 Å². The molecule has 0 saturated carbocycles. The smallest absolute Gasteiger partial charge is 0.228 e. The highest BCUT2D eigenvalue weighted by molar-refractivity contribution is 7.91. The number of hydrogen-bond acceptors (Lipinski definition) is 4. The molecule has 1 heterocycles. The van der Waals surface area contributed by atoms with E-state index in [2.05, 4.69) is 10.2 Å². The molecule has 1 aliphatic rings. The van der Waals surface area contributed by atoms with Crippen molar-refractivity contribution in [2.24, 2.45) is 0 Å². The van der Waals surface area contributed by atoms with Gasteiger partial charge in [-0.15, -0.1) is 0 Å². The minimum Gasteiger partial charge on any atom is -0.368 e. The van der Waals surface area contributed by atoms with Gasteiger partial charge in [0.05, 0.1) is 17.9 Å². The molecule has 0 spiro atoms. The number of carbonyl (C=O) groups is 1. The maximum atomic E-state index is 12.2. The van der Waals surface area contributed by atoms with Crippen molar-refractivity contribution < 1.29 is 13.2 Å². The van der Waals surface area contributed by atoms with Crippen molar-refractivity contribution in [3.8, 4) is 0 Å². The van der Waals surface area contributed by atoms with Crippen LogP contribution in [0.1, 0.15) is 24.5 Å². The van der Waals surface area contributed by atoms with Gasteiger partial charge in [0.1, 0.15) is 0 Å². The largest absolute Gasteiger partial charge is 0.368 e. The van der Waals surface area contributed by atoms with Crippen LogP contribution in [0.15, 0.2) is 48.5 Å². The summed E-state index contributed by atoms with van der Waals surface area (Å²) in [6, 6.07) is 15.6. The van der Waals surface area contributed by atoms with E-state index in [0.29, 0.717) is 12.8 Å². The number of aryl methyl sites for hydroxylation is 1. The van der Waals surface area contributed by atoms with Gasteiger partial charge in [-0.2, -0.15) is 0 Å². The zero-order valence-electron chi connectivity index (χ0n) is 15.8. The van der Waals surface area contributed by atoms with Crippen LogP contribution in [0, 0.1) is 6.92 Å². The molecular formula is C21H26N2O3S. The van der Waals surface area contributed by atoms with Gasteiger partial charge in [0.2, 0.25) is 5.91 Å². The molecule has 0 bridgehead atoms. The number of anilines is 2.